The van der Waals surface area contributed by atoms with Crippen molar-refractivity contribution in [2.24, 2.45) is 5.92 Å². The Bertz CT molecular complexity index is 409. The molecule has 1 saturated heterocycles. The number of hydrogen-bond acceptors (Lipinski definition) is 3. The van der Waals surface area contributed by atoms with Crippen molar-refractivity contribution in [2.45, 2.75) is 19.4 Å². The lowest BCUT2D eigenvalue weighted by atomic mass is 10.1. The van der Waals surface area contributed by atoms with Crippen molar-refractivity contribution in [2.75, 3.05) is 31.7 Å². The number of aliphatic hydroxyl groups excluding tert-OH is 1. The Labute approximate surface area is 117 Å². The zero-order chi connectivity index (χ0) is 13.1. The summed E-state index contributed by atoms with van der Waals surface area (Å²) in [6.07, 6.45) is 0.758. The van der Waals surface area contributed by atoms with Crippen LogP contribution in [-0.2, 0) is 4.74 Å². The van der Waals surface area contributed by atoms with Crippen molar-refractivity contribution in [1.82, 2.24) is 0 Å². The van der Waals surface area contributed by atoms with Crippen molar-refractivity contribution in [3.63, 3.8) is 0 Å². The second-order valence-electron chi connectivity index (χ2n) is 4.94. The Morgan fingerprint density at radius 3 is 2.94 bits per heavy atom. The number of anilines is 1. The van der Waals surface area contributed by atoms with E-state index in [0.717, 1.165) is 29.7 Å². The summed E-state index contributed by atoms with van der Waals surface area (Å²) in [4.78, 5) is 2.37. The van der Waals surface area contributed by atoms with Crippen LogP contribution in [0.15, 0.2) is 22.7 Å². The van der Waals surface area contributed by atoms with Crippen molar-refractivity contribution in [1.29, 1.82) is 0 Å². The van der Waals surface area contributed by atoms with E-state index in [9.17, 15) is 5.11 Å². The third kappa shape index (κ3) is 3.05. The number of benzene rings is 1. The van der Waals surface area contributed by atoms with Crippen LogP contribution in [0.25, 0.3) is 0 Å². The van der Waals surface area contributed by atoms with Gasteiger partial charge in [0.15, 0.2) is 0 Å². The fourth-order valence-corrected chi connectivity index (χ4v) is 3.11. The third-order valence-electron chi connectivity index (χ3n) is 3.48. The quantitative estimate of drug-likeness (QED) is 0.927. The van der Waals surface area contributed by atoms with Gasteiger partial charge in [-0.05, 0) is 47.0 Å². The van der Waals surface area contributed by atoms with Gasteiger partial charge in [0.25, 0.3) is 0 Å². The van der Waals surface area contributed by atoms with Crippen molar-refractivity contribution in [3.05, 3.63) is 28.2 Å². The first-order valence-electron chi connectivity index (χ1n) is 6.33. The first-order chi connectivity index (χ1) is 8.61. The van der Waals surface area contributed by atoms with Crippen LogP contribution in [0, 0.1) is 5.92 Å². The molecule has 0 amide bonds. The molecule has 1 aromatic carbocycles. The first-order valence-corrected chi connectivity index (χ1v) is 7.12. The average molecular weight is 314 g/mol. The molecule has 100 valence electrons. The molecule has 2 atom stereocenters. The van der Waals surface area contributed by atoms with Crippen molar-refractivity contribution >= 4 is 21.6 Å². The zero-order valence-corrected chi connectivity index (χ0v) is 12.5. The van der Waals surface area contributed by atoms with E-state index < -0.39 is 6.10 Å². The van der Waals surface area contributed by atoms with Crippen LogP contribution in [0.3, 0.4) is 0 Å². The van der Waals surface area contributed by atoms with E-state index in [-0.39, 0.29) is 0 Å². The molecule has 1 aliphatic rings. The number of nitrogens with zero attached hydrogens (tertiary/aromatic N) is 1. The Morgan fingerprint density at radius 2 is 2.33 bits per heavy atom. The van der Waals surface area contributed by atoms with Gasteiger partial charge in [-0.1, -0.05) is 6.07 Å². The summed E-state index contributed by atoms with van der Waals surface area (Å²) < 4.78 is 6.27. The van der Waals surface area contributed by atoms with Crippen molar-refractivity contribution < 1.29 is 9.84 Å². The van der Waals surface area contributed by atoms with Gasteiger partial charge in [-0.3, -0.25) is 0 Å². The van der Waals surface area contributed by atoms with Crippen LogP contribution in [0.4, 0.5) is 5.69 Å². The minimum absolute atomic E-state index is 0.421. The molecule has 0 radical (unpaired) electrons. The highest BCUT2D eigenvalue weighted by molar-refractivity contribution is 9.10. The molecular formula is C14H20BrNO2. The minimum atomic E-state index is -0.421. The summed E-state index contributed by atoms with van der Waals surface area (Å²) in [6, 6.07) is 6.08. The van der Waals surface area contributed by atoms with Gasteiger partial charge < -0.3 is 14.7 Å². The second kappa shape index (κ2) is 6.04. The summed E-state index contributed by atoms with van der Waals surface area (Å²) >= 11 is 3.60. The summed E-state index contributed by atoms with van der Waals surface area (Å²) in [6.45, 7) is 4.73. The number of rotatable bonds is 4. The maximum Gasteiger partial charge on any atom is 0.0762 e. The molecule has 0 bridgehead atoms. The minimum Gasteiger partial charge on any atom is -0.389 e. The van der Waals surface area contributed by atoms with E-state index in [0.29, 0.717) is 5.92 Å². The molecule has 1 fully saturated rings. The molecule has 0 saturated carbocycles. The number of halogens is 1. The summed E-state index contributed by atoms with van der Waals surface area (Å²) in [5.41, 5.74) is 2.15. The maximum atomic E-state index is 9.57. The van der Waals surface area contributed by atoms with Gasteiger partial charge in [-0.15, -0.1) is 0 Å². The van der Waals surface area contributed by atoms with Gasteiger partial charge in [0.05, 0.1) is 18.4 Å². The zero-order valence-electron chi connectivity index (χ0n) is 10.9. The number of aliphatic hydroxyl groups is 1. The van der Waals surface area contributed by atoms with E-state index in [2.05, 4.69) is 26.9 Å². The van der Waals surface area contributed by atoms with E-state index >= 15 is 0 Å². The van der Waals surface area contributed by atoms with E-state index in [4.69, 9.17) is 4.74 Å². The highest BCUT2D eigenvalue weighted by atomic mass is 79.9. The molecule has 1 heterocycles. The maximum absolute atomic E-state index is 9.57. The van der Waals surface area contributed by atoms with E-state index in [1.807, 2.05) is 12.1 Å². The molecule has 0 aliphatic carbocycles. The lowest BCUT2D eigenvalue weighted by molar-refractivity contribution is 0.161. The van der Waals surface area contributed by atoms with Crippen LogP contribution in [0.2, 0.25) is 0 Å². The van der Waals surface area contributed by atoms with Crippen LogP contribution in [-0.4, -0.2) is 31.9 Å². The van der Waals surface area contributed by atoms with E-state index in [1.54, 1.807) is 14.0 Å². The van der Waals surface area contributed by atoms with Gasteiger partial charge in [0, 0.05) is 30.6 Å². The van der Waals surface area contributed by atoms with Gasteiger partial charge in [-0.2, -0.15) is 0 Å². The van der Waals surface area contributed by atoms with Crippen LogP contribution < -0.4 is 4.90 Å². The average Bonchev–Trinajstić information content (AvgIpc) is 2.77. The van der Waals surface area contributed by atoms with Gasteiger partial charge in [0.1, 0.15) is 0 Å². The Kier molecular flexibility index (Phi) is 4.65. The summed E-state index contributed by atoms with van der Waals surface area (Å²) in [5.74, 6) is 0.623. The molecule has 1 aromatic rings. The predicted molar refractivity (Wildman–Crippen MR) is 77.0 cm³/mol. The summed E-state index contributed by atoms with van der Waals surface area (Å²) in [5, 5.41) is 9.57. The van der Waals surface area contributed by atoms with Gasteiger partial charge in [0.2, 0.25) is 0 Å². The molecule has 4 heteroatoms. The Hall–Kier alpha value is -0.580. The van der Waals surface area contributed by atoms with Gasteiger partial charge >= 0.3 is 0 Å². The first kappa shape index (κ1) is 13.8. The topological polar surface area (TPSA) is 32.7 Å². The predicted octanol–water partition coefficient (Wildman–Crippen LogP) is 2.98. The Morgan fingerprint density at radius 1 is 1.56 bits per heavy atom. The molecule has 1 unspecified atom stereocenters. The van der Waals surface area contributed by atoms with Crippen LogP contribution in [0.5, 0.6) is 0 Å². The van der Waals surface area contributed by atoms with Crippen molar-refractivity contribution in [3.8, 4) is 0 Å². The molecule has 18 heavy (non-hydrogen) atoms. The SMILES string of the molecule is COCC1CCN(c2ccc([C@H](C)O)cc2Br)C1. The fraction of sp³-hybridized carbons (Fsp3) is 0.571. The monoisotopic (exact) mass is 313 g/mol. The lowest BCUT2D eigenvalue weighted by Crippen LogP contribution is -2.21. The molecule has 2 rings (SSSR count). The molecule has 0 spiro atoms. The third-order valence-corrected chi connectivity index (χ3v) is 4.12. The second-order valence-corrected chi connectivity index (χ2v) is 5.80. The summed E-state index contributed by atoms with van der Waals surface area (Å²) in [7, 11) is 1.76. The van der Waals surface area contributed by atoms with Gasteiger partial charge in [-0.25, -0.2) is 0 Å². The van der Waals surface area contributed by atoms with E-state index in [1.165, 1.54) is 12.1 Å². The number of methoxy groups -OCH3 is 1. The molecule has 1 aliphatic heterocycles. The Balaban J connectivity index is 2.10. The number of hydrogen-bond donors (Lipinski definition) is 1. The largest absolute Gasteiger partial charge is 0.389 e. The lowest BCUT2D eigenvalue weighted by Gasteiger charge is -2.21. The highest BCUT2D eigenvalue weighted by Crippen LogP contribution is 2.32. The van der Waals surface area contributed by atoms with Crippen LogP contribution in [0.1, 0.15) is 25.0 Å². The smallest absolute Gasteiger partial charge is 0.0762 e. The molecule has 1 N–H and O–H groups in total. The fourth-order valence-electron chi connectivity index (χ4n) is 2.46. The normalized spacial score (nSPS) is 21.3. The molecule has 3 nitrogen and oxygen atoms in total. The number of ether oxygens (including phenoxy) is 1. The molecule has 0 aromatic heterocycles. The molecular weight excluding hydrogens is 294 g/mol. The standard InChI is InChI=1S/C14H20BrNO2/c1-10(17)12-3-4-14(13(15)7-12)16-6-5-11(8-16)9-18-2/h3-4,7,10-11,17H,5-6,8-9H2,1-2H3/t10-,11?/m0/s1. The highest BCUT2D eigenvalue weighted by Gasteiger charge is 2.23. The van der Waals surface area contributed by atoms with Crippen LogP contribution >= 0.6 is 15.9 Å².